The maximum absolute atomic E-state index is 7.44. The molecular formula is C18H20N2. The van der Waals surface area contributed by atoms with Gasteiger partial charge in [0.05, 0.1) is 0 Å². The van der Waals surface area contributed by atoms with Crippen LogP contribution in [0.5, 0.6) is 0 Å². The van der Waals surface area contributed by atoms with Crippen molar-refractivity contribution in [3.8, 4) is 0 Å². The van der Waals surface area contributed by atoms with Crippen LogP contribution in [-0.2, 0) is 6.42 Å². The third-order valence-corrected chi connectivity index (χ3v) is 3.53. The summed E-state index contributed by atoms with van der Waals surface area (Å²) in [6.07, 6.45) is 4.42. The van der Waals surface area contributed by atoms with Gasteiger partial charge >= 0.3 is 0 Å². The average Bonchev–Trinajstić information content (AvgIpc) is 2.50. The second kappa shape index (κ2) is 6.20. The lowest BCUT2D eigenvalue weighted by Crippen LogP contribution is -1.97. The van der Waals surface area contributed by atoms with Crippen LogP contribution < -0.4 is 5.73 Å². The van der Waals surface area contributed by atoms with Gasteiger partial charge in [-0.05, 0) is 47.7 Å². The van der Waals surface area contributed by atoms with Crippen molar-refractivity contribution in [1.29, 1.82) is 5.41 Å². The van der Waals surface area contributed by atoms with Gasteiger partial charge in [-0.25, -0.2) is 0 Å². The summed E-state index contributed by atoms with van der Waals surface area (Å²) in [6.45, 7) is 4.21. The Balaban J connectivity index is 2.56. The maximum atomic E-state index is 7.44. The molecule has 0 unspecified atom stereocenters. The van der Waals surface area contributed by atoms with Crippen LogP contribution in [0.15, 0.2) is 48.5 Å². The minimum Gasteiger partial charge on any atom is -0.398 e. The fourth-order valence-electron chi connectivity index (χ4n) is 2.44. The monoisotopic (exact) mass is 264 g/mol. The molecule has 0 aliphatic heterocycles. The molecule has 0 aliphatic carbocycles. The van der Waals surface area contributed by atoms with Gasteiger partial charge in [0.15, 0.2) is 0 Å². The number of allylic oxidation sites excluding steroid dienone is 1. The van der Waals surface area contributed by atoms with Gasteiger partial charge in [0.2, 0.25) is 0 Å². The van der Waals surface area contributed by atoms with Gasteiger partial charge in [0.25, 0.3) is 0 Å². The summed E-state index contributed by atoms with van der Waals surface area (Å²) in [4.78, 5) is 0. The summed E-state index contributed by atoms with van der Waals surface area (Å²) in [6, 6.07) is 14.3. The van der Waals surface area contributed by atoms with Gasteiger partial charge in [-0.1, -0.05) is 43.3 Å². The fraction of sp³-hybridized carbons (Fsp3) is 0.167. The summed E-state index contributed by atoms with van der Waals surface area (Å²) in [5, 5.41) is 7.44. The predicted molar refractivity (Wildman–Crippen MR) is 87.3 cm³/mol. The van der Waals surface area contributed by atoms with Crippen molar-refractivity contribution in [3.05, 3.63) is 70.8 Å². The Morgan fingerprint density at radius 3 is 2.60 bits per heavy atom. The molecular weight excluding hydrogens is 244 g/mol. The number of aryl methyl sites for hydroxylation is 1. The summed E-state index contributed by atoms with van der Waals surface area (Å²) in [5.41, 5.74) is 12.1. The van der Waals surface area contributed by atoms with Crippen molar-refractivity contribution >= 4 is 17.5 Å². The molecule has 2 rings (SSSR count). The zero-order chi connectivity index (χ0) is 14.5. The van der Waals surface area contributed by atoms with Crippen LogP contribution >= 0.6 is 0 Å². The van der Waals surface area contributed by atoms with Gasteiger partial charge in [0.1, 0.15) is 0 Å². The average molecular weight is 264 g/mol. The van der Waals surface area contributed by atoms with Crippen molar-refractivity contribution in [1.82, 2.24) is 0 Å². The number of hydrogen-bond acceptors (Lipinski definition) is 2. The second-order valence-electron chi connectivity index (χ2n) is 4.70. The molecule has 0 atom stereocenters. The van der Waals surface area contributed by atoms with Crippen LogP contribution in [0.4, 0.5) is 5.69 Å². The van der Waals surface area contributed by atoms with E-state index in [1.807, 2.05) is 25.1 Å². The first-order valence-corrected chi connectivity index (χ1v) is 6.86. The molecule has 0 saturated carbocycles. The largest absolute Gasteiger partial charge is 0.398 e. The molecule has 3 N–H and O–H groups in total. The lowest BCUT2D eigenvalue weighted by atomic mass is 9.91. The highest BCUT2D eigenvalue weighted by Crippen LogP contribution is 2.28. The van der Waals surface area contributed by atoms with Gasteiger partial charge in [-0.3, -0.25) is 0 Å². The number of hydrogen-bond donors (Lipinski definition) is 2. The fourth-order valence-corrected chi connectivity index (χ4v) is 2.44. The van der Waals surface area contributed by atoms with E-state index in [0.717, 1.165) is 17.5 Å². The number of nitrogens with two attached hydrogens (primary N) is 1. The minimum absolute atomic E-state index is 0.642. The number of benzene rings is 2. The van der Waals surface area contributed by atoms with E-state index in [-0.39, 0.29) is 0 Å². The zero-order valence-electron chi connectivity index (χ0n) is 12.0. The van der Waals surface area contributed by atoms with Gasteiger partial charge in [-0.15, -0.1) is 0 Å². The smallest absolute Gasteiger partial charge is 0.0403 e. The first-order valence-electron chi connectivity index (χ1n) is 6.86. The Morgan fingerprint density at radius 1 is 1.20 bits per heavy atom. The van der Waals surface area contributed by atoms with Crippen LogP contribution in [-0.4, -0.2) is 6.21 Å². The van der Waals surface area contributed by atoms with Crippen molar-refractivity contribution in [2.45, 2.75) is 20.3 Å². The highest BCUT2D eigenvalue weighted by molar-refractivity contribution is 5.89. The molecule has 0 aliphatic rings. The summed E-state index contributed by atoms with van der Waals surface area (Å²) < 4.78 is 0. The van der Waals surface area contributed by atoms with E-state index < -0.39 is 0 Å². The molecule has 0 heterocycles. The Labute approximate surface area is 120 Å². The van der Waals surface area contributed by atoms with Gasteiger partial charge in [-0.2, -0.15) is 0 Å². The quantitative estimate of drug-likeness (QED) is 0.628. The Kier molecular flexibility index (Phi) is 4.36. The first kappa shape index (κ1) is 14.1. The minimum atomic E-state index is 0.642. The van der Waals surface area contributed by atoms with E-state index >= 15 is 0 Å². The molecule has 2 aromatic carbocycles. The summed E-state index contributed by atoms with van der Waals surface area (Å²) in [5.74, 6) is 0. The lowest BCUT2D eigenvalue weighted by molar-refractivity contribution is 1.13. The van der Waals surface area contributed by atoms with Crippen LogP contribution in [0.2, 0.25) is 0 Å². The van der Waals surface area contributed by atoms with Gasteiger partial charge < -0.3 is 11.1 Å². The third kappa shape index (κ3) is 2.64. The van der Waals surface area contributed by atoms with E-state index in [0.29, 0.717) is 5.69 Å². The highest BCUT2D eigenvalue weighted by atomic mass is 14.6. The molecule has 2 heteroatoms. The first-order chi connectivity index (χ1) is 9.71. The molecule has 0 radical (unpaired) electrons. The zero-order valence-corrected chi connectivity index (χ0v) is 12.0. The standard InChI is InChI=1S/C18H20N2/c1-3-13-7-5-6-8-17(13)16(4-2)14-9-10-18(20)15(11-14)12-19/h4-12,19H,3,20H2,1-2H3/b16-4-,19-12?. The topological polar surface area (TPSA) is 49.9 Å². The summed E-state index contributed by atoms with van der Waals surface area (Å²) >= 11 is 0. The van der Waals surface area contributed by atoms with E-state index in [1.54, 1.807) is 0 Å². The molecule has 2 aromatic rings. The molecule has 20 heavy (non-hydrogen) atoms. The van der Waals surface area contributed by atoms with Crippen LogP contribution in [0, 0.1) is 5.41 Å². The third-order valence-electron chi connectivity index (χ3n) is 3.53. The normalized spacial score (nSPS) is 11.4. The Bertz CT molecular complexity index is 654. The van der Waals surface area contributed by atoms with Crippen LogP contribution in [0.3, 0.4) is 0 Å². The van der Waals surface area contributed by atoms with E-state index in [9.17, 15) is 0 Å². The number of rotatable bonds is 4. The van der Waals surface area contributed by atoms with Crippen molar-refractivity contribution in [3.63, 3.8) is 0 Å². The highest BCUT2D eigenvalue weighted by Gasteiger charge is 2.09. The van der Waals surface area contributed by atoms with Crippen molar-refractivity contribution in [2.75, 3.05) is 5.73 Å². The summed E-state index contributed by atoms with van der Waals surface area (Å²) in [7, 11) is 0. The molecule has 0 saturated heterocycles. The molecule has 0 aromatic heterocycles. The number of nitrogen functional groups attached to an aromatic ring is 1. The molecule has 102 valence electrons. The predicted octanol–water partition coefficient (Wildman–Crippen LogP) is 4.28. The molecule has 0 fully saturated rings. The molecule has 0 bridgehead atoms. The second-order valence-corrected chi connectivity index (χ2v) is 4.70. The molecule has 0 amide bonds. The van der Waals surface area contributed by atoms with Crippen molar-refractivity contribution in [2.24, 2.45) is 0 Å². The maximum Gasteiger partial charge on any atom is 0.0403 e. The Morgan fingerprint density at radius 2 is 1.95 bits per heavy atom. The Hall–Kier alpha value is -2.35. The molecule has 0 spiro atoms. The van der Waals surface area contributed by atoms with E-state index in [1.165, 1.54) is 22.9 Å². The molecule has 2 nitrogen and oxygen atoms in total. The van der Waals surface area contributed by atoms with Crippen LogP contribution in [0.25, 0.3) is 5.57 Å². The van der Waals surface area contributed by atoms with E-state index in [4.69, 9.17) is 11.1 Å². The van der Waals surface area contributed by atoms with Gasteiger partial charge in [0, 0.05) is 17.5 Å². The van der Waals surface area contributed by atoms with Crippen molar-refractivity contribution < 1.29 is 0 Å². The van der Waals surface area contributed by atoms with Crippen LogP contribution in [0.1, 0.15) is 36.1 Å². The SMILES string of the molecule is C/C=C(/c1ccc(N)c(C=N)c1)c1ccccc1CC. The number of anilines is 1. The lowest BCUT2D eigenvalue weighted by Gasteiger charge is -2.13. The number of nitrogens with one attached hydrogen (secondary N) is 1. The van der Waals surface area contributed by atoms with E-state index in [2.05, 4.69) is 37.3 Å².